The van der Waals surface area contributed by atoms with E-state index in [1.165, 1.54) is 193 Å². The molecule has 0 radical (unpaired) electrons. The van der Waals surface area contributed by atoms with Gasteiger partial charge in [0.1, 0.15) is 24.4 Å². The Kier molecular flexibility index (Phi) is 30.6. The average molecular weight is 711 g/mol. The van der Waals surface area contributed by atoms with Crippen molar-refractivity contribution in [2.45, 2.75) is 243 Å². The Labute approximate surface area is 310 Å². The number of ether oxygens (including phenoxy) is 2. The molecule has 4 atom stereocenters. The third kappa shape index (κ3) is 24.9. The van der Waals surface area contributed by atoms with Gasteiger partial charge in [0.2, 0.25) is 0 Å². The Morgan fingerprint density at radius 3 is 1.18 bits per heavy atom. The lowest BCUT2D eigenvalue weighted by molar-refractivity contribution is -0.147. The van der Waals surface area contributed by atoms with Gasteiger partial charge in [0.25, 0.3) is 0 Å². The zero-order valence-corrected chi connectivity index (χ0v) is 32.9. The minimum absolute atomic E-state index is 0.178. The van der Waals surface area contributed by atoms with Crippen molar-refractivity contribution >= 4 is 0 Å². The predicted octanol–water partition coefficient (Wildman–Crippen LogP) is 11.0. The molecule has 6 nitrogen and oxygen atoms in total. The molecule has 0 aromatic carbocycles. The van der Waals surface area contributed by atoms with E-state index >= 15 is 0 Å². The van der Waals surface area contributed by atoms with E-state index in [-0.39, 0.29) is 6.61 Å². The molecule has 0 spiro atoms. The molecule has 298 valence electrons. The molecule has 2 aliphatic rings. The highest BCUT2D eigenvalue weighted by Crippen LogP contribution is 2.29. The van der Waals surface area contributed by atoms with Crippen LogP contribution in [0, 0.1) is 11.8 Å². The lowest BCUT2D eigenvalue weighted by atomic mass is 9.85. The Morgan fingerprint density at radius 2 is 0.780 bits per heavy atom. The Morgan fingerprint density at radius 1 is 0.420 bits per heavy atom. The van der Waals surface area contributed by atoms with Crippen molar-refractivity contribution in [2.24, 2.45) is 11.8 Å². The summed E-state index contributed by atoms with van der Waals surface area (Å²) in [6.45, 7) is 0.672. The number of unbranched alkanes of at least 4 members (excludes halogenated alkanes) is 20. The van der Waals surface area contributed by atoms with Crippen molar-refractivity contribution in [2.75, 3.05) is 26.4 Å². The zero-order valence-electron chi connectivity index (χ0n) is 32.9. The molecule has 0 heterocycles. The van der Waals surface area contributed by atoms with Crippen LogP contribution in [0.25, 0.3) is 0 Å². The number of hydrogen-bond donors (Lipinski definition) is 4. The van der Waals surface area contributed by atoms with Crippen LogP contribution >= 0.6 is 0 Å². The van der Waals surface area contributed by atoms with Crippen LogP contribution in [0.5, 0.6) is 0 Å². The van der Waals surface area contributed by atoms with E-state index in [9.17, 15) is 20.4 Å². The highest BCUT2D eigenvalue weighted by molar-refractivity contribution is 4.81. The Bertz CT molecular complexity index is 694. The topological polar surface area (TPSA) is 99.4 Å². The van der Waals surface area contributed by atoms with Crippen LogP contribution in [0.15, 0.2) is 0 Å². The fourth-order valence-electron chi connectivity index (χ4n) is 8.54. The van der Waals surface area contributed by atoms with Gasteiger partial charge in [-0.2, -0.15) is 0 Å². The monoisotopic (exact) mass is 711 g/mol. The summed E-state index contributed by atoms with van der Waals surface area (Å²) in [4.78, 5) is 0. The highest BCUT2D eigenvalue weighted by Gasteiger charge is 2.32. The first-order valence-corrected chi connectivity index (χ1v) is 22.5. The summed E-state index contributed by atoms with van der Waals surface area (Å²) in [5.74, 6) is 2.08. The molecule has 2 rings (SSSR count). The number of hydrogen-bond acceptors (Lipinski definition) is 6. The fourth-order valence-corrected chi connectivity index (χ4v) is 8.54. The normalized spacial score (nSPS) is 18.7. The quantitative estimate of drug-likeness (QED) is 0.0489. The fraction of sp³-hybridized carbons (Fsp3) is 1.00. The molecule has 0 aromatic heterocycles. The summed E-state index contributed by atoms with van der Waals surface area (Å²) in [6, 6.07) is 0. The van der Waals surface area contributed by atoms with Crippen LogP contribution in [0.1, 0.15) is 218 Å². The SMILES string of the molecule is OC[C@@H](O)[C@@H](O)[C@H](O)[C@@H](COCCCCCCCCCCCCCC1CCCCC1)OCCCCCCCCCCCCCC1CCCCC1. The second kappa shape index (κ2) is 33.3. The maximum absolute atomic E-state index is 10.7. The summed E-state index contributed by atoms with van der Waals surface area (Å²) in [5.41, 5.74) is 0. The molecular weight excluding hydrogens is 624 g/mol. The molecule has 0 bridgehead atoms. The van der Waals surface area contributed by atoms with Gasteiger partial charge in [0, 0.05) is 13.2 Å². The van der Waals surface area contributed by atoms with Gasteiger partial charge in [-0.25, -0.2) is 0 Å². The molecule has 0 aliphatic heterocycles. The van der Waals surface area contributed by atoms with Gasteiger partial charge in [0.05, 0.1) is 13.2 Å². The Balaban J connectivity index is 1.39. The third-order valence-corrected chi connectivity index (χ3v) is 12.0. The van der Waals surface area contributed by atoms with Crippen molar-refractivity contribution in [1.29, 1.82) is 0 Å². The smallest absolute Gasteiger partial charge is 0.111 e. The van der Waals surface area contributed by atoms with Crippen molar-refractivity contribution in [3.63, 3.8) is 0 Å². The number of aliphatic hydroxyl groups is 4. The van der Waals surface area contributed by atoms with Gasteiger partial charge in [-0.05, 0) is 24.7 Å². The molecular formula is C44H86O6. The second-order valence-electron chi connectivity index (χ2n) is 16.6. The van der Waals surface area contributed by atoms with Crippen LogP contribution in [0.3, 0.4) is 0 Å². The first kappa shape index (κ1) is 45.9. The largest absolute Gasteiger partial charge is 0.394 e. The van der Waals surface area contributed by atoms with E-state index in [0.717, 1.165) is 37.5 Å². The van der Waals surface area contributed by atoms with E-state index in [1.54, 1.807) is 0 Å². The number of rotatable bonds is 35. The molecule has 2 fully saturated rings. The zero-order chi connectivity index (χ0) is 35.7. The van der Waals surface area contributed by atoms with Crippen LogP contribution in [0.2, 0.25) is 0 Å². The minimum atomic E-state index is -1.47. The van der Waals surface area contributed by atoms with Crippen LogP contribution in [-0.4, -0.2) is 71.3 Å². The first-order chi connectivity index (χ1) is 24.6. The predicted molar refractivity (Wildman–Crippen MR) is 210 cm³/mol. The maximum atomic E-state index is 10.7. The van der Waals surface area contributed by atoms with Gasteiger partial charge < -0.3 is 29.9 Å². The molecule has 50 heavy (non-hydrogen) atoms. The lowest BCUT2D eigenvalue weighted by Gasteiger charge is -2.29. The Hall–Kier alpha value is -0.240. The van der Waals surface area contributed by atoms with Crippen molar-refractivity contribution in [3.8, 4) is 0 Å². The molecule has 0 unspecified atom stereocenters. The van der Waals surface area contributed by atoms with Crippen molar-refractivity contribution in [3.05, 3.63) is 0 Å². The van der Waals surface area contributed by atoms with Crippen LogP contribution in [0.4, 0.5) is 0 Å². The molecule has 2 aliphatic carbocycles. The van der Waals surface area contributed by atoms with E-state index < -0.39 is 31.0 Å². The summed E-state index contributed by atoms with van der Waals surface area (Å²) in [5, 5.41) is 40.0. The van der Waals surface area contributed by atoms with Crippen molar-refractivity contribution in [1.82, 2.24) is 0 Å². The average Bonchev–Trinajstić information content (AvgIpc) is 3.15. The van der Waals surface area contributed by atoms with E-state index in [1.807, 2.05) is 0 Å². The molecule has 6 heteroatoms. The lowest BCUT2D eigenvalue weighted by Crippen LogP contribution is -2.48. The van der Waals surface area contributed by atoms with E-state index in [0.29, 0.717) is 13.2 Å². The maximum Gasteiger partial charge on any atom is 0.111 e. The molecule has 2 saturated carbocycles. The molecule has 0 aromatic rings. The van der Waals surface area contributed by atoms with Gasteiger partial charge in [0.15, 0.2) is 0 Å². The van der Waals surface area contributed by atoms with Gasteiger partial charge >= 0.3 is 0 Å². The second-order valence-corrected chi connectivity index (χ2v) is 16.6. The summed E-state index contributed by atoms with van der Waals surface area (Å²) < 4.78 is 11.8. The van der Waals surface area contributed by atoms with Crippen LogP contribution < -0.4 is 0 Å². The molecule has 0 saturated heterocycles. The van der Waals surface area contributed by atoms with Gasteiger partial charge in [-0.3, -0.25) is 0 Å². The standard InChI is InChI=1S/C44H86O6/c45-37-41(46)43(47)44(48)42(50-36-28-18-14-10-6-2-4-8-12-16-22-30-40-33-25-20-26-34-40)38-49-35-27-17-13-9-5-1-3-7-11-15-21-29-39-31-23-19-24-32-39/h39-48H,1-38H2/t41-,42-,43-,44-/m1/s1. The minimum Gasteiger partial charge on any atom is -0.394 e. The summed E-state index contributed by atoms with van der Waals surface area (Å²) >= 11 is 0. The van der Waals surface area contributed by atoms with E-state index in [2.05, 4.69) is 0 Å². The first-order valence-electron chi connectivity index (χ1n) is 22.5. The molecule has 0 amide bonds. The van der Waals surface area contributed by atoms with Gasteiger partial charge in [-0.1, -0.05) is 205 Å². The van der Waals surface area contributed by atoms with Gasteiger partial charge in [-0.15, -0.1) is 0 Å². The molecule has 4 N–H and O–H groups in total. The third-order valence-electron chi connectivity index (χ3n) is 12.0. The highest BCUT2D eigenvalue weighted by atomic mass is 16.5. The summed E-state index contributed by atoms with van der Waals surface area (Å²) in [6.07, 6.45) is 41.4. The van der Waals surface area contributed by atoms with Crippen molar-refractivity contribution < 1.29 is 29.9 Å². The number of aliphatic hydroxyl groups excluding tert-OH is 4. The van der Waals surface area contributed by atoms with Crippen LogP contribution in [-0.2, 0) is 9.47 Å². The van der Waals surface area contributed by atoms with E-state index in [4.69, 9.17) is 9.47 Å². The summed E-state index contributed by atoms with van der Waals surface area (Å²) in [7, 11) is 0.